The normalized spacial score (nSPS) is 22.6. The smallest absolute Gasteiger partial charge is 0.223 e. The van der Waals surface area contributed by atoms with Gasteiger partial charge in [0.2, 0.25) is 11.8 Å². The molecule has 6 nitrogen and oxygen atoms in total. The first-order chi connectivity index (χ1) is 12.7. The number of nitrogens with one attached hydrogen (secondary N) is 2. The summed E-state index contributed by atoms with van der Waals surface area (Å²) >= 11 is 0. The van der Waals surface area contributed by atoms with E-state index in [-0.39, 0.29) is 23.7 Å². The molecule has 0 aromatic heterocycles. The lowest BCUT2D eigenvalue weighted by Gasteiger charge is -2.26. The van der Waals surface area contributed by atoms with Crippen LogP contribution in [0.3, 0.4) is 0 Å². The molecule has 1 aromatic rings. The largest absolute Gasteiger partial charge is 0.379 e. The Labute approximate surface area is 155 Å². The molecule has 2 aliphatic rings. The predicted octanol–water partition coefficient (Wildman–Crippen LogP) is 0.820. The number of benzene rings is 1. The van der Waals surface area contributed by atoms with Gasteiger partial charge in [0.15, 0.2) is 0 Å². The van der Waals surface area contributed by atoms with Crippen molar-refractivity contribution in [2.75, 3.05) is 45.9 Å². The van der Waals surface area contributed by atoms with Crippen molar-refractivity contribution in [1.29, 1.82) is 0 Å². The highest BCUT2D eigenvalue weighted by atomic mass is 16.5. The lowest BCUT2D eigenvalue weighted by Crippen LogP contribution is -2.41. The predicted molar refractivity (Wildman–Crippen MR) is 99.6 cm³/mol. The molecule has 2 fully saturated rings. The zero-order valence-electron chi connectivity index (χ0n) is 15.3. The van der Waals surface area contributed by atoms with Gasteiger partial charge in [-0.3, -0.25) is 14.5 Å². The molecule has 2 unspecified atom stereocenters. The Balaban J connectivity index is 1.25. The number of aryl methyl sites for hydroxylation is 1. The van der Waals surface area contributed by atoms with Gasteiger partial charge in [-0.05, 0) is 24.8 Å². The van der Waals surface area contributed by atoms with Gasteiger partial charge in [0.25, 0.3) is 0 Å². The second-order valence-corrected chi connectivity index (χ2v) is 7.07. The fraction of sp³-hybridized carbons (Fsp3) is 0.600. The molecule has 2 atom stereocenters. The van der Waals surface area contributed by atoms with Crippen molar-refractivity contribution in [2.45, 2.75) is 19.3 Å². The van der Waals surface area contributed by atoms with E-state index in [0.717, 1.165) is 45.7 Å². The Morgan fingerprint density at radius 1 is 1.00 bits per heavy atom. The van der Waals surface area contributed by atoms with E-state index >= 15 is 0 Å². The van der Waals surface area contributed by atoms with E-state index < -0.39 is 0 Å². The number of ether oxygens (including phenoxy) is 1. The van der Waals surface area contributed by atoms with Crippen LogP contribution in [0.4, 0.5) is 0 Å². The van der Waals surface area contributed by atoms with Crippen LogP contribution >= 0.6 is 0 Å². The summed E-state index contributed by atoms with van der Waals surface area (Å²) in [5, 5.41) is 5.93. The minimum Gasteiger partial charge on any atom is -0.379 e. The molecule has 26 heavy (non-hydrogen) atoms. The highest BCUT2D eigenvalue weighted by molar-refractivity contribution is 5.92. The lowest BCUT2D eigenvalue weighted by molar-refractivity contribution is -0.127. The molecule has 6 heteroatoms. The lowest BCUT2D eigenvalue weighted by atomic mass is 10.1. The minimum atomic E-state index is -0.145. The fourth-order valence-corrected chi connectivity index (χ4v) is 3.35. The summed E-state index contributed by atoms with van der Waals surface area (Å²) in [6, 6.07) is 10.3. The molecular weight excluding hydrogens is 330 g/mol. The van der Waals surface area contributed by atoms with Gasteiger partial charge in [-0.2, -0.15) is 0 Å². The summed E-state index contributed by atoms with van der Waals surface area (Å²) < 4.78 is 5.31. The van der Waals surface area contributed by atoms with Crippen LogP contribution in [0.15, 0.2) is 30.3 Å². The number of morpholine rings is 1. The summed E-state index contributed by atoms with van der Waals surface area (Å²) in [7, 11) is 0. The average Bonchev–Trinajstić information content (AvgIpc) is 3.48. The summed E-state index contributed by atoms with van der Waals surface area (Å²) in [6.45, 7) is 5.53. The summed E-state index contributed by atoms with van der Waals surface area (Å²) in [6.07, 6.45) is 2.55. The van der Waals surface area contributed by atoms with Crippen LogP contribution in [0.5, 0.6) is 0 Å². The average molecular weight is 359 g/mol. The number of hydrogen-bond donors (Lipinski definition) is 2. The summed E-state index contributed by atoms with van der Waals surface area (Å²) in [5.41, 5.74) is 1.28. The first-order valence-electron chi connectivity index (χ1n) is 9.63. The maximum Gasteiger partial charge on any atom is 0.223 e. The van der Waals surface area contributed by atoms with Crippen molar-refractivity contribution in [3.8, 4) is 0 Å². The van der Waals surface area contributed by atoms with E-state index in [1.807, 2.05) is 18.2 Å². The third-order valence-corrected chi connectivity index (χ3v) is 5.08. The second kappa shape index (κ2) is 9.69. The van der Waals surface area contributed by atoms with Gasteiger partial charge in [-0.1, -0.05) is 30.3 Å². The van der Waals surface area contributed by atoms with Crippen molar-refractivity contribution in [3.63, 3.8) is 0 Å². The Kier molecular flexibility index (Phi) is 7.03. The monoisotopic (exact) mass is 359 g/mol. The highest BCUT2D eigenvalue weighted by Gasteiger charge is 2.47. The van der Waals surface area contributed by atoms with Gasteiger partial charge in [0.05, 0.1) is 25.0 Å². The first kappa shape index (κ1) is 18.9. The molecule has 0 spiro atoms. The minimum absolute atomic E-state index is 0.0164. The van der Waals surface area contributed by atoms with E-state index in [1.165, 1.54) is 5.56 Å². The van der Waals surface area contributed by atoms with Crippen LogP contribution in [-0.2, 0) is 20.7 Å². The standard InChI is InChI=1S/C20H29N3O3/c24-19(21-8-4-7-16-5-2-1-3-6-16)17-15-18(17)20(25)22-9-10-23-11-13-26-14-12-23/h1-3,5-6,17-18H,4,7-15H2,(H,21,24)(H,22,25). The van der Waals surface area contributed by atoms with Crippen molar-refractivity contribution in [3.05, 3.63) is 35.9 Å². The number of carbonyl (C=O) groups excluding carboxylic acids is 2. The molecule has 1 saturated heterocycles. The molecule has 2 N–H and O–H groups in total. The number of amides is 2. The summed E-state index contributed by atoms with van der Waals surface area (Å²) in [4.78, 5) is 26.6. The SMILES string of the molecule is O=C(NCCCc1ccccc1)C1CC1C(=O)NCCN1CCOCC1. The molecular formula is C20H29N3O3. The quantitative estimate of drug-likeness (QED) is 0.641. The van der Waals surface area contributed by atoms with Gasteiger partial charge in [-0.15, -0.1) is 0 Å². The van der Waals surface area contributed by atoms with Crippen LogP contribution in [0.1, 0.15) is 18.4 Å². The number of nitrogens with zero attached hydrogens (tertiary/aromatic N) is 1. The van der Waals surface area contributed by atoms with Crippen LogP contribution in [0, 0.1) is 11.8 Å². The molecule has 1 heterocycles. The molecule has 1 aliphatic carbocycles. The molecule has 1 saturated carbocycles. The van der Waals surface area contributed by atoms with Crippen LogP contribution in [0.2, 0.25) is 0 Å². The molecule has 1 aromatic carbocycles. The Morgan fingerprint density at radius 2 is 1.65 bits per heavy atom. The van der Waals surface area contributed by atoms with E-state index in [0.29, 0.717) is 19.5 Å². The highest BCUT2D eigenvalue weighted by Crippen LogP contribution is 2.38. The van der Waals surface area contributed by atoms with Gasteiger partial charge >= 0.3 is 0 Å². The fourth-order valence-electron chi connectivity index (χ4n) is 3.35. The third-order valence-electron chi connectivity index (χ3n) is 5.08. The Hall–Kier alpha value is -1.92. The molecule has 3 rings (SSSR count). The van der Waals surface area contributed by atoms with E-state index in [1.54, 1.807) is 0 Å². The van der Waals surface area contributed by atoms with Crippen molar-refractivity contribution < 1.29 is 14.3 Å². The number of hydrogen-bond acceptors (Lipinski definition) is 4. The van der Waals surface area contributed by atoms with Crippen molar-refractivity contribution in [1.82, 2.24) is 15.5 Å². The molecule has 2 amide bonds. The van der Waals surface area contributed by atoms with Crippen LogP contribution < -0.4 is 10.6 Å². The van der Waals surface area contributed by atoms with Gasteiger partial charge in [0, 0.05) is 32.7 Å². The Morgan fingerprint density at radius 3 is 2.35 bits per heavy atom. The maximum absolute atomic E-state index is 12.1. The molecule has 1 aliphatic heterocycles. The first-order valence-corrected chi connectivity index (χ1v) is 9.63. The summed E-state index contributed by atoms with van der Waals surface area (Å²) in [5.74, 6) is -0.252. The zero-order chi connectivity index (χ0) is 18.2. The van der Waals surface area contributed by atoms with Gasteiger partial charge < -0.3 is 15.4 Å². The van der Waals surface area contributed by atoms with E-state index in [9.17, 15) is 9.59 Å². The van der Waals surface area contributed by atoms with Gasteiger partial charge in [0.1, 0.15) is 0 Å². The van der Waals surface area contributed by atoms with Crippen molar-refractivity contribution in [2.24, 2.45) is 11.8 Å². The number of rotatable bonds is 9. The maximum atomic E-state index is 12.1. The van der Waals surface area contributed by atoms with Crippen LogP contribution in [-0.4, -0.2) is 62.7 Å². The Bertz CT molecular complexity index is 587. The molecule has 0 radical (unpaired) electrons. The second-order valence-electron chi connectivity index (χ2n) is 7.07. The van der Waals surface area contributed by atoms with Gasteiger partial charge in [-0.25, -0.2) is 0 Å². The number of carbonyl (C=O) groups is 2. The topological polar surface area (TPSA) is 70.7 Å². The zero-order valence-corrected chi connectivity index (χ0v) is 15.3. The third kappa shape index (κ3) is 5.81. The van der Waals surface area contributed by atoms with Crippen LogP contribution in [0.25, 0.3) is 0 Å². The van der Waals surface area contributed by atoms with E-state index in [4.69, 9.17) is 4.74 Å². The molecule has 0 bridgehead atoms. The van der Waals surface area contributed by atoms with Crippen molar-refractivity contribution >= 4 is 11.8 Å². The molecule has 142 valence electrons. The van der Waals surface area contributed by atoms with E-state index in [2.05, 4.69) is 27.7 Å².